The molecule has 0 spiro atoms. The van der Waals surface area contributed by atoms with Gasteiger partial charge in [-0.2, -0.15) is 0 Å². The fourth-order valence-electron chi connectivity index (χ4n) is 2.18. The first kappa shape index (κ1) is 11.5. The quantitative estimate of drug-likeness (QED) is 0.752. The van der Waals surface area contributed by atoms with Gasteiger partial charge in [0.15, 0.2) is 0 Å². The molecule has 1 nitrogen and oxygen atoms in total. The average molecular weight is 212 g/mol. The number of hydrogen-bond acceptors (Lipinski definition) is 1. The van der Waals surface area contributed by atoms with Gasteiger partial charge in [0.25, 0.3) is 0 Å². The van der Waals surface area contributed by atoms with Crippen LogP contribution >= 0.6 is 12.4 Å². The molecule has 2 unspecified atom stereocenters. The fourth-order valence-corrected chi connectivity index (χ4v) is 2.18. The van der Waals surface area contributed by atoms with Crippen molar-refractivity contribution in [3.05, 3.63) is 35.4 Å². The highest BCUT2D eigenvalue weighted by Crippen LogP contribution is 2.30. The van der Waals surface area contributed by atoms with E-state index < -0.39 is 0 Å². The normalized spacial score (nSPS) is 25.0. The minimum Gasteiger partial charge on any atom is -0.309 e. The Morgan fingerprint density at radius 2 is 1.93 bits per heavy atom. The number of halogens is 1. The van der Waals surface area contributed by atoms with Gasteiger partial charge in [0, 0.05) is 12.6 Å². The highest BCUT2D eigenvalue weighted by atomic mass is 35.5. The van der Waals surface area contributed by atoms with Crippen molar-refractivity contribution >= 4 is 12.4 Å². The van der Waals surface area contributed by atoms with Gasteiger partial charge in [-0.05, 0) is 23.5 Å². The van der Waals surface area contributed by atoms with E-state index in [1.807, 2.05) is 0 Å². The van der Waals surface area contributed by atoms with Crippen LogP contribution in [0.4, 0.5) is 0 Å². The number of nitrogens with one attached hydrogen (secondary N) is 1. The molecule has 2 atom stereocenters. The van der Waals surface area contributed by atoms with Gasteiger partial charge >= 0.3 is 0 Å². The average Bonchev–Trinajstić information content (AvgIpc) is 2.19. The summed E-state index contributed by atoms with van der Waals surface area (Å²) >= 11 is 0. The standard InChI is InChI=1S/C12H17N.ClH/c1-3-12-11-7-5-4-6-10(11)9(2)8-13-12;/h4-7,9,12-13H,3,8H2,1-2H3;1H. The van der Waals surface area contributed by atoms with Crippen molar-refractivity contribution in [3.8, 4) is 0 Å². The first-order valence-corrected chi connectivity index (χ1v) is 5.15. The second-order valence-corrected chi connectivity index (χ2v) is 3.90. The topological polar surface area (TPSA) is 12.0 Å². The number of hydrogen-bond donors (Lipinski definition) is 1. The molecule has 1 aliphatic heterocycles. The largest absolute Gasteiger partial charge is 0.309 e. The predicted octanol–water partition coefficient (Wildman–Crippen LogP) is 3.27. The van der Waals surface area contributed by atoms with Gasteiger partial charge in [0.1, 0.15) is 0 Å². The molecule has 1 aromatic carbocycles. The van der Waals surface area contributed by atoms with Crippen LogP contribution in [0.15, 0.2) is 24.3 Å². The van der Waals surface area contributed by atoms with Crippen molar-refractivity contribution < 1.29 is 0 Å². The monoisotopic (exact) mass is 211 g/mol. The summed E-state index contributed by atoms with van der Waals surface area (Å²) in [7, 11) is 0. The minimum absolute atomic E-state index is 0. The zero-order valence-corrected chi connectivity index (χ0v) is 9.60. The van der Waals surface area contributed by atoms with Crippen molar-refractivity contribution in [1.82, 2.24) is 5.32 Å². The van der Waals surface area contributed by atoms with Crippen molar-refractivity contribution in [2.45, 2.75) is 32.2 Å². The molecular weight excluding hydrogens is 194 g/mol. The summed E-state index contributed by atoms with van der Waals surface area (Å²) in [4.78, 5) is 0. The molecule has 14 heavy (non-hydrogen) atoms. The molecule has 0 fully saturated rings. The summed E-state index contributed by atoms with van der Waals surface area (Å²) in [5.41, 5.74) is 3.04. The van der Waals surface area contributed by atoms with Crippen LogP contribution in [0.25, 0.3) is 0 Å². The molecule has 1 heterocycles. The van der Waals surface area contributed by atoms with Gasteiger partial charge in [-0.1, -0.05) is 38.1 Å². The van der Waals surface area contributed by atoms with Gasteiger partial charge in [0.2, 0.25) is 0 Å². The fraction of sp³-hybridized carbons (Fsp3) is 0.500. The van der Waals surface area contributed by atoms with Crippen LogP contribution in [-0.4, -0.2) is 6.54 Å². The van der Waals surface area contributed by atoms with Crippen LogP contribution < -0.4 is 5.32 Å². The summed E-state index contributed by atoms with van der Waals surface area (Å²) in [5.74, 6) is 0.666. The molecule has 78 valence electrons. The van der Waals surface area contributed by atoms with Crippen molar-refractivity contribution in [1.29, 1.82) is 0 Å². The first-order chi connectivity index (χ1) is 6.33. The van der Waals surface area contributed by atoms with E-state index in [0.717, 1.165) is 6.54 Å². The molecule has 0 bridgehead atoms. The lowest BCUT2D eigenvalue weighted by atomic mass is 9.87. The summed E-state index contributed by atoms with van der Waals surface area (Å²) in [5, 5.41) is 3.57. The Balaban J connectivity index is 0.000000980. The second-order valence-electron chi connectivity index (χ2n) is 3.90. The third-order valence-electron chi connectivity index (χ3n) is 2.98. The molecule has 1 aliphatic rings. The second kappa shape index (κ2) is 4.81. The van der Waals surface area contributed by atoms with Gasteiger partial charge in [-0.25, -0.2) is 0 Å². The van der Waals surface area contributed by atoms with E-state index >= 15 is 0 Å². The van der Waals surface area contributed by atoms with Crippen LogP contribution in [0, 0.1) is 0 Å². The van der Waals surface area contributed by atoms with Gasteiger partial charge in [-0.3, -0.25) is 0 Å². The van der Waals surface area contributed by atoms with Crippen LogP contribution in [0.1, 0.15) is 43.4 Å². The summed E-state index contributed by atoms with van der Waals surface area (Å²) in [6, 6.07) is 9.39. The highest BCUT2D eigenvalue weighted by molar-refractivity contribution is 5.85. The third-order valence-corrected chi connectivity index (χ3v) is 2.98. The minimum atomic E-state index is 0. The zero-order valence-electron chi connectivity index (χ0n) is 8.79. The van der Waals surface area contributed by atoms with E-state index in [4.69, 9.17) is 0 Å². The number of benzene rings is 1. The Morgan fingerprint density at radius 3 is 2.57 bits per heavy atom. The maximum Gasteiger partial charge on any atom is 0.0320 e. The number of rotatable bonds is 1. The summed E-state index contributed by atoms with van der Waals surface area (Å²) in [6.07, 6.45) is 1.18. The van der Waals surface area contributed by atoms with Crippen LogP contribution in [-0.2, 0) is 0 Å². The molecule has 0 aliphatic carbocycles. The van der Waals surface area contributed by atoms with Crippen LogP contribution in [0.2, 0.25) is 0 Å². The highest BCUT2D eigenvalue weighted by Gasteiger charge is 2.21. The Kier molecular flexibility index (Phi) is 3.97. The van der Waals surface area contributed by atoms with Crippen LogP contribution in [0.5, 0.6) is 0 Å². The van der Waals surface area contributed by atoms with E-state index in [9.17, 15) is 0 Å². The molecule has 1 N–H and O–H groups in total. The Bertz CT molecular complexity index is 298. The number of fused-ring (bicyclic) bond motifs is 1. The third kappa shape index (κ3) is 1.94. The lowest BCUT2D eigenvalue weighted by Gasteiger charge is -2.30. The molecule has 2 heteroatoms. The van der Waals surface area contributed by atoms with Gasteiger partial charge in [-0.15, -0.1) is 12.4 Å². The summed E-state index contributed by atoms with van der Waals surface area (Å²) < 4.78 is 0. The molecule has 0 saturated heterocycles. The van der Waals surface area contributed by atoms with E-state index in [0.29, 0.717) is 12.0 Å². The van der Waals surface area contributed by atoms with Gasteiger partial charge in [0.05, 0.1) is 0 Å². The van der Waals surface area contributed by atoms with E-state index in [-0.39, 0.29) is 12.4 Å². The molecule has 0 radical (unpaired) electrons. The van der Waals surface area contributed by atoms with Crippen molar-refractivity contribution in [2.24, 2.45) is 0 Å². The summed E-state index contributed by atoms with van der Waals surface area (Å²) in [6.45, 7) is 5.65. The van der Waals surface area contributed by atoms with E-state index in [1.165, 1.54) is 17.5 Å². The zero-order chi connectivity index (χ0) is 9.26. The Hall–Kier alpha value is -0.530. The van der Waals surface area contributed by atoms with Crippen molar-refractivity contribution in [2.75, 3.05) is 6.54 Å². The molecule has 0 aromatic heterocycles. The van der Waals surface area contributed by atoms with Crippen LogP contribution in [0.3, 0.4) is 0 Å². The maximum atomic E-state index is 3.57. The van der Waals surface area contributed by atoms with E-state index in [1.54, 1.807) is 0 Å². The molecular formula is C12H18ClN. The molecule has 0 saturated carbocycles. The Morgan fingerprint density at radius 1 is 1.29 bits per heavy atom. The molecule has 1 aromatic rings. The van der Waals surface area contributed by atoms with Crippen molar-refractivity contribution in [3.63, 3.8) is 0 Å². The molecule has 0 amide bonds. The maximum absolute atomic E-state index is 3.57. The van der Waals surface area contributed by atoms with E-state index in [2.05, 4.69) is 43.4 Å². The predicted molar refractivity (Wildman–Crippen MR) is 63.1 cm³/mol. The molecule has 2 rings (SSSR count). The lowest BCUT2D eigenvalue weighted by molar-refractivity contribution is 0.458. The Labute approximate surface area is 92.3 Å². The smallest absolute Gasteiger partial charge is 0.0320 e. The first-order valence-electron chi connectivity index (χ1n) is 5.15. The lowest BCUT2D eigenvalue weighted by Crippen LogP contribution is -2.31. The SMILES string of the molecule is CCC1NCC(C)c2ccccc21.Cl. The van der Waals surface area contributed by atoms with Gasteiger partial charge < -0.3 is 5.32 Å².